The molecule has 6 nitrogen and oxygen atoms in total. The van der Waals surface area contributed by atoms with E-state index in [9.17, 15) is 4.39 Å². The van der Waals surface area contributed by atoms with Gasteiger partial charge in [-0.1, -0.05) is 12.1 Å². The molecule has 1 heterocycles. The van der Waals surface area contributed by atoms with Gasteiger partial charge in [-0.15, -0.1) is 0 Å². The number of benzene rings is 1. The molecule has 0 saturated heterocycles. The molecule has 0 fully saturated rings. The minimum atomic E-state index is -0.380. The zero-order valence-electron chi connectivity index (χ0n) is 12.2. The van der Waals surface area contributed by atoms with Crippen molar-refractivity contribution >= 4 is 17.6 Å². The Morgan fingerprint density at radius 3 is 2.52 bits per heavy atom. The van der Waals surface area contributed by atoms with Crippen molar-refractivity contribution in [1.29, 1.82) is 0 Å². The minimum absolute atomic E-state index is 0.0665. The molecule has 1 aromatic heterocycles. The third-order valence-corrected chi connectivity index (χ3v) is 2.41. The fourth-order valence-corrected chi connectivity index (χ4v) is 1.60. The molecule has 0 atom stereocenters. The lowest BCUT2D eigenvalue weighted by atomic mass is 10.3. The van der Waals surface area contributed by atoms with Crippen molar-refractivity contribution < 1.29 is 9.13 Å². The normalized spacial score (nSPS) is 10.5. The van der Waals surface area contributed by atoms with Gasteiger partial charge in [-0.2, -0.15) is 15.0 Å². The van der Waals surface area contributed by atoms with Crippen LogP contribution in [0.4, 0.5) is 22.0 Å². The molecule has 0 aliphatic rings. The lowest BCUT2D eigenvalue weighted by Gasteiger charge is -2.12. The third kappa shape index (κ3) is 4.27. The first-order valence-electron chi connectivity index (χ1n) is 6.76. The van der Waals surface area contributed by atoms with Crippen molar-refractivity contribution in [3.8, 4) is 6.01 Å². The van der Waals surface area contributed by atoms with Crippen LogP contribution in [0.5, 0.6) is 6.01 Å². The molecule has 112 valence electrons. The summed E-state index contributed by atoms with van der Waals surface area (Å²) in [5.74, 6) is 0.220. The summed E-state index contributed by atoms with van der Waals surface area (Å²) >= 11 is 0. The Bertz CT molecular complexity index is 606. The van der Waals surface area contributed by atoms with Crippen molar-refractivity contribution in [1.82, 2.24) is 15.0 Å². The lowest BCUT2D eigenvalue weighted by molar-refractivity contribution is 0.222. The monoisotopic (exact) mass is 291 g/mol. The fourth-order valence-electron chi connectivity index (χ4n) is 1.60. The maximum Gasteiger partial charge on any atom is 0.323 e. The number of nitrogens with zero attached hydrogens (tertiary/aromatic N) is 3. The van der Waals surface area contributed by atoms with E-state index >= 15 is 0 Å². The molecule has 0 amide bonds. The molecule has 2 rings (SSSR count). The topological polar surface area (TPSA) is 72.0 Å². The highest BCUT2D eigenvalue weighted by Crippen LogP contribution is 2.19. The smallest absolute Gasteiger partial charge is 0.323 e. The zero-order valence-corrected chi connectivity index (χ0v) is 12.2. The van der Waals surface area contributed by atoms with Crippen LogP contribution >= 0.6 is 0 Å². The number of rotatable bonds is 6. The van der Waals surface area contributed by atoms with Gasteiger partial charge < -0.3 is 15.4 Å². The highest BCUT2D eigenvalue weighted by atomic mass is 19.1. The highest BCUT2D eigenvalue weighted by Gasteiger charge is 2.10. The van der Waals surface area contributed by atoms with Crippen LogP contribution in [0.25, 0.3) is 0 Å². The van der Waals surface area contributed by atoms with Gasteiger partial charge in [0, 0.05) is 6.54 Å². The van der Waals surface area contributed by atoms with Gasteiger partial charge in [0.15, 0.2) is 0 Å². The van der Waals surface area contributed by atoms with Gasteiger partial charge in [0.25, 0.3) is 0 Å². The van der Waals surface area contributed by atoms with E-state index < -0.39 is 0 Å². The van der Waals surface area contributed by atoms with Gasteiger partial charge in [0.1, 0.15) is 5.82 Å². The predicted octanol–water partition coefficient (Wildman–Crippen LogP) is 2.97. The van der Waals surface area contributed by atoms with Crippen molar-refractivity contribution in [2.24, 2.45) is 0 Å². The predicted molar refractivity (Wildman–Crippen MR) is 79.4 cm³/mol. The van der Waals surface area contributed by atoms with E-state index in [1.807, 2.05) is 20.8 Å². The molecule has 0 unspecified atom stereocenters. The SMILES string of the molecule is CCNc1nc(Nc2ccccc2F)nc(OC(C)C)n1. The number of nitrogens with one attached hydrogen (secondary N) is 2. The van der Waals surface area contributed by atoms with Crippen LogP contribution in [-0.4, -0.2) is 27.6 Å². The van der Waals surface area contributed by atoms with Gasteiger partial charge in [0.05, 0.1) is 11.8 Å². The number of ether oxygens (including phenoxy) is 1. The van der Waals surface area contributed by atoms with Crippen LogP contribution < -0.4 is 15.4 Å². The van der Waals surface area contributed by atoms with Gasteiger partial charge in [-0.25, -0.2) is 4.39 Å². The van der Waals surface area contributed by atoms with Crippen LogP contribution in [-0.2, 0) is 0 Å². The minimum Gasteiger partial charge on any atom is -0.461 e. The Labute approximate surface area is 122 Å². The fraction of sp³-hybridized carbons (Fsp3) is 0.357. The lowest BCUT2D eigenvalue weighted by Crippen LogP contribution is -2.13. The van der Waals surface area contributed by atoms with Crippen molar-refractivity contribution in [2.45, 2.75) is 26.9 Å². The molecular formula is C14H18FN5O. The van der Waals surface area contributed by atoms with E-state index in [4.69, 9.17) is 4.74 Å². The summed E-state index contributed by atoms with van der Waals surface area (Å²) in [6.45, 7) is 6.34. The summed E-state index contributed by atoms with van der Waals surface area (Å²) in [6.07, 6.45) is -0.0665. The van der Waals surface area contributed by atoms with E-state index in [0.29, 0.717) is 18.2 Å². The average molecular weight is 291 g/mol. The Balaban J connectivity index is 2.29. The van der Waals surface area contributed by atoms with E-state index in [2.05, 4.69) is 25.6 Å². The largest absolute Gasteiger partial charge is 0.461 e. The summed E-state index contributed by atoms with van der Waals surface area (Å²) in [7, 11) is 0. The molecule has 0 aliphatic heterocycles. The molecule has 0 spiro atoms. The maximum atomic E-state index is 13.7. The number of para-hydroxylation sites is 1. The number of anilines is 3. The first-order chi connectivity index (χ1) is 10.1. The Morgan fingerprint density at radius 2 is 1.86 bits per heavy atom. The van der Waals surface area contributed by atoms with E-state index in [1.165, 1.54) is 6.07 Å². The standard InChI is InChI=1S/C14H18FN5O/c1-4-16-12-18-13(20-14(19-12)21-9(2)3)17-11-8-6-5-7-10(11)15/h5-9H,4H2,1-3H3,(H2,16,17,18,19,20). The van der Waals surface area contributed by atoms with E-state index in [1.54, 1.807) is 18.2 Å². The van der Waals surface area contributed by atoms with Crippen LogP contribution in [0.15, 0.2) is 24.3 Å². The molecule has 0 bridgehead atoms. The van der Waals surface area contributed by atoms with Crippen LogP contribution in [0.2, 0.25) is 0 Å². The molecule has 1 aromatic carbocycles. The van der Waals surface area contributed by atoms with Gasteiger partial charge >= 0.3 is 6.01 Å². The van der Waals surface area contributed by atoms with Crippen molar-refractivity contribution in [3.63, 3.8) is 0 Å². The summed E-state index contributed by atoms with van der Waals surface area (Å²) in [5, 5.41) is 5.81. The van der Waals surface area contributed by atoms with Crippen LogP contribution in [0, 0.1) is 5.82 Å². The maximum absolute atomic E-state index is 13.7. The molecule has 2 N–H and O–H groups in total. The molecule has 21 heavy (non-hydrogen) atoms. The van der Waals surface area contributed by atoms with Crippen molar-refractivity contribution in [3.05, 3.63) is 30.1 Å². The molecular weight excluding hydrogens is 273 g/mol. The molecule has 0 saturated carbocycles. The van der Waals surface area contributed by atoms with Crippen LogP contribution in [0.3, 0.4) is 0 Å². The first-order valence-corrected chi connectivity index (χ1v) is 6.76. The molecule has 0 radical (unpaired) electrons. The highest BCUT2D eigenvalue weighted by molar-refractivity contribution is 5.54. The average Bonchev–Trinajstić information content (AvgIpc) is 2.41. The van der Waals surface area contributed by atoms with Crippen LogP contribution in [0.1, 0.15) is 20.8 Å². The number of hydrogen-bond donors (Lipinski definition) is 2. The first kappa shape index (κ1) is 15.0. The Hall–Kier alpha value is -2.44. The van der Waals surface area contributed by atoms with Gasteiger partial charge in [-0.05, 0) is 32.9 Å². The van der Waals surface area contributed by atoms with Gasteiger partial charge in [0.2, 0.25) is 11.9 Å². The number of hydrogen-bond acceptors (Lipinski definition) is 6. The van der Waals surface area contributed by atoms with E-state index in [0.717, 1.165) is 0 Å². The summed E-state index contributed by atoms with van der Waals surface area (Å²) in [4.78, 5) is 12.4. The Morgan fingerprint density at radius 1 is 1.14 bits per heavy atom. The number of aromatic nitrogens is 3. The summed E-state index contributed by atoms with van der Waals surface area (Å²) in [6, 6.07) is 6.50. The third-order valence-electron chi connectivity index (χ3n) is 2.41. The molecule has 7 heteroatoms. The summed E-state index contributed by atoms with van der Waals surface area (Å²) in [5.41, 5.74) is 0.293. The Kier molecular flexibility index (Phi) is 4.86. The van der Waals surface area contributed by atoms with E-state index in [-0.39, 0.29) is 23.9 Å². The second-order valence-corrected chi connectivity index (χ2v) is 4.57. The zero-order chi connectivity index (χ0) is 15.2. The molecule has 2 aromatic rings. The second kappa shape index (κ2) is 6.83. The number of halogens is 1. The summed E-state index contributed by atoms with van der Waals surface area (Å²) < 4.78 is 19.1. The second-order valence-electron chi connectivity index (χ2n) is 4.57. The van der Waals surface area contributed by atoms with Crippen molar-refractivity contribution in [2.75, 3.05) is 17.2 Å². The van der Waals surface area contributed by atoms with Gasteiger partial charge in [-0.3, -0.25) is 0 Å². The quantitative estimate of drug-likeness (QED) is 0.852. The molecule has 0 aliphatic carbocycles.